The summed E-state index contributed by atoms with van der Waals surface area (Å²) >= 11 is 0. The molecule has 0 amide bonds. The fourth-order valence-corrected chi connectivity index (χ4v) is 2.21. The van der Waals surface area contributed by atoms with Crippen LogP contribution in [0.25, 0.3) is 0 Å². The number of hydrogen-bond donors (Lipinski definition) is 2. The molecule has 2 aromatic carbocycles. The average Bonchev–Trinajstić information content (AvgIpc) is 2.38. The van der Waals surface area contributed by atoms with Crippen molar-refractivity contribution in [1.29, 1.82) is 0 Å². The summed E-state index contributed by atoms with van der Waals surface area (Å²) in [4.78, 5) is 0. The van der Waals surface area contributed by atoms with Gasteiger partial charge in [0.05, 0.1) is 11.4 Å². The molecule has 0 aliphatic heterocycles. The van der Waals surface area contributed by atoms with E-state index >= 15 is 0 Å². The minimum absolute atomic E-state index is 0.00149. The van der Waals surface area contributed by atoms with Gasteiger partial charge < -0.3 is 10.5 Å². The molecule has 2 aromatic rings. The van der Waals surface area contributed by atoms with Crippen LogP contribution in [-0.2, 0) is 23.1 Å². The molecule has 0 spiro atoms. The number of anilines is 1. The van der Waals surface area contributed by atoms with Crippen LogP contribution in [0.1, 0.15) is 11.1 Å². The van der Waals surface area contributed by atoms with Crippen LogP contribution in [0.3, 0.4) is 0 Å². The Morgan fingerprint density at radius 3 is 2.37 bits per heavy atom. The van der Waals surface area contributed by atoms with Crippen molar-refractivity contribution in [2.45, 2.75) is 12.4 Å². The topological polar surface area (TPSA) is 69.4 Å². The molecule has 0 saturated carbocycles. The summed E-state index contributed by atoms with van der Waals surface area (Å²) in [5, 5.41) is 0. The minimum Gasteiger partial charge on any atom is -0.487 e. The largest absolute Gasteiger partial charge is 0.487 e. The molecule has 0 saturated heterocycles. The molecule has 0 atom stereocenters. The van der Waals surface area contributed by atoms with Gasteiger partial charge in [-0.1, -0.05) is 36.4 Å². The second-order valence-electron chi connectivity index (χ2n) is 4.14. The third-order valence-corrected chi connectivity index (χ3v) is 3.25. The van der Waals surface area contributed by atoms with Crippen LogP contribution in [-0.4, -0.2) is 8.42 Å². The van der Waals surface area contributed by atoms with E-state index in [1.165, 1.54) is 0 Å². The number of rotatable bonds is 5. The highest BCUT2D eigenvalue weighted by molar-refractivity contribution is 7.71. The maximum absolute atomic E-state index is 10.6. The summed E-state index contributed by atoms with van der Waals surface area (Å²) in [6, 6.07) is 14.8. The highest BCUT2D eigenvalue weighted by Crippen LogP contribution is 2.23. The van der Waals surface area contributed by atoms with E-state index in [1.807, 2.05) is 30.3 Å². The predicted octanol–water partition coefficient (Wildman–Crippen LogP) is 1.96. The van der Waals surface area contributed by atoms with E-state index in [-0.39, 0.29) is 5.75 Å². The van der Waals surface area contributed by atoms with Gasteiger partial charge in [0.25, 0.3) is 0 Å². The summed E-state index contributed by atoms with van der Waals surface area (Å²) in [5.74, 6) is 0.562. The van der Waals surface area contributed by atoms with Crippen LogP contribution < -0.4 is 10.5 Å². The van der Waals surface area contributed by atoms with Gasteiger partial charge in [0.2, 0.25) is 0 Å². The zero-order chi connectivity index (χ0) is 13.7. The molecule has 19 heavy (non-hydrogen) atoms. The summed E-state index contributed by atoms with van der Waals surface area (Å²) in [5.41, 5.74) is 8.01. The molecule has 0 unspecified atom stereocenters. The lowest BCUT2D eigenvalue weighted by Gasteiger charge is -2.09. The van der Waals surface area contributed by atoms with Gasteiger partial charge in [-0.3, -0.25) is 0 Å². The third kappa shape index (κ3) is 3.99. The van der Waals surface area contributed by atoms with Crippen molar-refractivity contribution in [3.63, 3.8) is 0 Å². The van der Waals surface area contributed by atoms with Crippen molar-refractivity contribution in [2.24, 2.45) is 0 Å². The van der Waals surface area contributed by atoms with Gasteiger partial charge >= 0.3 is 0 Å². The second kappa shape index (κ2) is 6.24. The van der Waals surface area contributed by atoms with E-state index in [9.17, 15) is 8.42 Å². The molecule has 4 nitrogen and oxygen atoms in total. The van der Waals surface area contributed by atoms with Gasteiger partial charge in [-0.25, -0.2) is 8.42 Å². The Kier molecular flexibility index (Phi) is 4.41. The molecule has 0 heterocycles. The first-order chi connectivity index (χ1) is 9.15. The zero-order valence-electron chi connectivity index (χ0n) is 10.3. The number of benzene rings is 2. The monoisotopic (exact) mass is 277 g/mol. The third-order valence-electron chi connectivity index (χ3n) is 2.62. The Morgan fingerprint density at radius 2 is 1.74 bits per heavy atom. The predicted molar refractivity (Wildman–Crippen MR) is 75.6 cm³/mol. The number of hydrogen-bond acceptors (Lipinski definition) is 4. The molecule has 0 aliphatic rings. The smallest absolute Gasteiger partial charge is 0.144 e. The van der Waals surface area contributed by atoms with Crippen molar-refractivity contribution >= 4 is 16.4 Å². The molecular weight excluding hydrogens is 262 g/mol. The van der Waals surface area contributed by atoms with Crippen LogP contribution in [0, 0.1) is 0 Å². The van der Waals surface area contributed by atoms with E-state index in [4.69, 9.17) is 10.5 Å². The number of thiol groups is 1. The van der Waals surface area contributed by atoms with E-state index in [0.29, 0.717) is 23.6 Å². The van der Waals surface area contributed by atoms with E-state index in [2.05, 4.69) is 0 Å². The summed E-state index contributed by atoms with van der Waals surface area (Å²) in [6.45, 7) is 0.431. The van der Waals surface area contributed by atoms with Gasteiger partial charge in [0.1, 0.15) is 23.1 Å². The summed E-state index contributed by atoms with van der Waals surface area (Å²) in [6.07, 6.45) is 0. The Bertz CT molecular complexity index is 616. The number of nitrogen functional groups attached to an aromatic ring is 1. The van der Waals surface area contributed by atoms with Crippen LogP contribution in [0.15, 0.2) is 48.5 Å². The lowest BCUT2D eigenvalue weighted by atomic mass is 10.2. The maximum Gasteiger partial charge on any atom is 0.144 e. The van der Waals surface area contributed by atoms with E-state index in [1.54, 1.807) is 18.2 Å². The fraction of sp³-hybridized carbons (Fsp3) is 0.143. The van der Waals surface area contributed by atoms with Crippen LogP contribution in [0.2, 0.25) is 0 Å². The standard InChI is InChI=1S/C14H15NO3S/c15-13-8-12(10-19(16)17)6-7-14(13)18-9-11-4-2-1-3-5-11/h1-8,19H,9-10,15H2. The van der Waals surface area contributed by atoms with Crippen molar-refractivity contribution < 1.29 is 13.2 Å². The highest BCUT2D eigenvalue weighted by Gasteiger charge is 2.03. The van der Waals surface area contributed by atoms with Crippen molar-refractivity contribution in [1.82, 2.24) is 0 Å². The maximum atomic E-state index is 10.6. The first-order valence-corrected chi connectivity index (χ1v) is 7.18. The molecule has 0 aliphatic carbocycles. The van der Waals surface area contributed by atoms with E-state index < -0.39 is 10.7 Å². The Labute approximate surface area is 113 Å². The fourth-order valence-electron chi connectivity index (χ4n) is 1.71. The van der Waals surface area contributed by atoms with Crippen LogP contribution in [0.4, 0.5) is 5.69 Å². The lowest BCUT2D eigenvalue weighted by Crippen LogP contribution is -1.99. The minimum atomic E-state index is -2.44. The molecule has 5 heteroatoms. The second-order valence-corrected chi connectivity index (χ2v) is 5.12. The number of ether oxygens (including phenoxy) is 1. The van der Waals surface area contributed by atoms with Crippen molar-refractivity contribution in [2.75, 3.05) is 5.73 Å². The molecule has 2 N–H and O–H groups in total. The van der Waals surface area contributed by atoms with Crippen molar-refractivity contribution in [3.05, 3.63) is 59.7 Å². The zero-order valence-corrected chi connectivity index (χ0v) is 11.2. The first kappa shape index (κ1) is 13.4. The van der Waals surface area contributed by atoms with E-state index in [0.717, 1.165) is 5.56 Å². The van der Waals surface area contributed by atoms with Crippen LogP contribution >= 0.6 is 0 Å². The normalized spacial score (nSPS) is 10.6. The lowest BCUT2D eigenvalue weighted by molar-refractivity contribution is 0.308. The summed E-state index contributed by atoms with van der Waals surface area (Å²) < 4.78 is 26.9. The molecular formula is C14H15NO3S. The molecule has 2 rings (SSSR count). The Morgan fingerprint density at radius 1 is 1.00 bits per heavy atom. The quantitative estimate of drug-likeness (QED) is 0.647. The summed E-state index contributed by atoms with van der Waals surface area (Å²) in [7, 11) is -2.44. The van der Waals surface area contributed by atoms with Gasteiger partial charge in [0.15, 0.2) is 0 Å². The molecule has 0 bridgehead atoms. The molecule has 0 fully saturated rings. The SMILES string of the molecule is Nc1cc(C[SH](=O)=O)ccc1OCc1ccccc1. The van der Waals surface area contributed by atoms with Gasteiger partial charge in [-0.2, -0.15) is 0 Å². The number of nitrogens with two attached hydrogens (primary N) is 1. The molecule has 0 aromatic heterocycles. The van der Waals surface area contributed by atoms with Crippen molar-refractivity contribution in [3.8, 4) is 5.75 Å². The Hall–Kier alpha value is -2.01. The average molecular weight is 277 g/mol. The van der Waals surface area contributed by atoms with Crippen LogP contribution in [0.5, 0.6) is 5.75 Å². The highest BCUT2D eigenvalue weighted by atomic mass is 32.2. The first-order valence-electron chi connectivity index (χ1n) is 5.82. The molecule has 0 radical (unpaired) electrons. The van der Waals surface area contributed by atoms with Gasteiger partial charge in [-0.05, 0) is 23.3 Å². The Balaban J connectivity index is 2.05. The van der Waals surface area contributed by atoms with Gasteiger partial charge in [0, 0.05) is 0 Å². The van der Waals surface area contributed by atoms with Gasteiger partial charge in [-0.15, -0.1) is 0 Å². The molecule has 100 valence electrons.